The van der Waals surface area contributed by atoms with Gasteiger partial charge in [-0.05, 0) is 30.3 Å². The van der Waals surface area contributed by atoms with Crippen molar-refractivity contribution in [3.63, 3.8) is 0 Å². The highest BCUT2D eigenvalue weighted by Gasteiger charge is 2.30. The molecule has 0 saturated heterocycles. The minimum Gasteiger partial charge on any atom is -0.354 e. The van der Waals surface area contributed by atoms with Crippen LogP contribution in [0.1, 0.15) is 5.56 Å². The molecule has 1 nitrogen and oxygen atoms in total. The first kappa shape index (κ1) is 13.2. The molecule has 3 rings (SSSR count). The van der Waals surface area contributed by atoms with Crippen LogP contribution >= 0.6 is 15.9 Å². The second kappa shape index (κ2) is 4.66. The summed E-state index contributed by atoms with van der Waals surface area (Å²) in [5.41, 5.74) is 1.75. The molecule has 20 heavy (non-hydrogen) atoms. The fourth-order valence-electron chi connectivity index (χ4n) is 2.13. The summed E-state index contributed by atoms with van der Waals surface area (Å²) in [4.78, 5) is 3.13. The van der Waals surface area contributed by atoms with E-state index in [9.17, 15) is 13.2 Å². The predicted octanol–water partition coefficient (Wildman–Crippen LogP) is 5.62. The van der Waals surface area contributed by atoms with Gasteiger partial charge in [-0.1, -0.05) is 34.1 Å². The van der Waals surface area contributed by atoms with E-state index >= 15 is 0 Å². The second-order valence-corrected chi connectivity index (χ2v) is 5.32. The summed E-state index contributed by atoms with van der Waals surface area (Å²) in [5, 5.41) is 0.547. The Hall–Kier alpha value is -1.75. The molecule has 0 amide bonds. The number of hydrogen-bond donors (Lipinski definition) is 1. The highest BCUT2D eigenvalue weighted by atomic mass is 79.9. The Morgan fingerprint density at radius 1 is 0.950 bits per heavy atom. The molecular formula is C15H9BrF3N. The molecule has 0 fully saturated rings. The van der Waals surface area contributed by atoms with E-state index in [1.54, 1.807) is 6.07 Å². The van der Waals surface area contributed by atoms with Crippen molar-refractivity contribution in [1.82, 2.24) is 4.98 Å². The summed E-state index contributed by atoms with van der Waals surface area (Å²) in [5.74, 6) is 0. The third kappa shape index (κ3) is 2.33. The Morgan fingerprint density at radius 3 is 2.40 bits per heavy atom. The van der Waals surface area contributed by atoms with Crippen molar-refractivity contribution in [2.45, 2.75) is 6.18 Å². The van der Waals surface area contributed by atoms with Crippen LogP contribution in [-0.2, 0) is 6.18 Å². The molecule has 3 aromatic rings. The van der Waals surface area contributed by atoms with E-state index in [0.717, 1.165) is 27.9 Å². The number of hydrogen-bond acceptors (Lipinski definition) is 0. The van der Waals surface area contributed by atoms with Crippen LogP contribution in [0.2, 0.25) is 0 Å². The average Bonchev–Trinajstić information content (AvgIpc) is 2.80. The Morgan fingerprint density at radius 2 is 1.70 bits per heavy atom. The number of halogens is 4. The third-order valence-electron chi connectivity index (χ3n) is 3.11. The van der Waals surface area contributed by atoms with Crippen LogP contribution in [0, 0.1) is 0 Å². The standard InChI is InChI=1S/C15H9BrF3N/c16-12-4-2-1-3-11(12)14-8-9-7-10(15(17,18)19)5-6-13(9)20-14/h1-8,20H. The van der Waals surface area contributed by atoms with E-state index in [0.29, 0.717) is 10.9 Å². The Balaban J connectivity index is 2.14. The van der Waals surface area contributed by atoms with E-state index in [-0.39, 0.29) is 0 Å². The lowest BCUT2D eigenvalue weighted by atomic mass is 10.1. The number of nitrogens with one attached hydrogen (secondary N) is 1. The lowest BCUT2D eigenvalue weighted by Crippen LogP contribution is -2.03. The number of fused-ring (bicyclic) bond motifs is 1. The van der Waals surface area contributed by atoms with Gasteiger partial charge >= 0.3 is 6.18 Å². The molecule has 0 aliphatic rings. The topological polar surface area (TPSA) is 15.8 Å². The normalized spacial score (nSPS) is 12.0. The Kier molecular flexibility index (Phi) is 3.09. The molecular weight excluding hydrogens is 331 g/mol. The van der Waals surface area contributed by atoms with Gasteiger partial charge < -0.3 is 4.98 Å². The first-order chi connectivity index (χ1) is 9.45. The smallest absolute Gasteiger partial charge is 0.354 e. The second-order valence-electron chi connectivity index (χ2n) is 4.46. The zero-order chi connectivity index (χ0) is 14.3. The van der Waals surface area contributed by atoms with Crippen molar-refractivity contribution in [3.05, 3.63) is 58.6 Å². The van der Waals surface area contributed by atoms with Crippen LogP contribution in [-0.4, -0.2) is 4.98 Å². The van der Waals surface area contributed by atoms with Crippen molar-refractivity contribution in [1.29, 1.82) is 0 Å². The highest BCUT2D eigenvalue weighted by molar-refractivity contribution is 9.10. The largest absolute Gasteiger partial charge is 0.416 e. The van der Waals surface area contributed by atoms with Crippen LogP contribution in [0.5, 0.6) is 0 Å². The monoisotopic (exact) mass is 339 g/mol. The van der Waals surface area contributed by atoms with Gasteiger partial charge in [0, 0.05) is 26.6 Å². The molecule has 1 aromatic heterocycles. The molecule has 0 unspecified atom stereocenters. The molecule has 1 N–H and O–H groups in total. The first-order valence-corrected chi connectivity index (χ1v) is 6.69. The summed E-state index contributed by atoms with van der Waals surface area (Å²) >= 11 is 3.44. The van der Waals surface area contributed by atoms with E-state index in [1.165, 1.54) is 6.07 Å². The van der Waals surface area contributed by atoms with Gasteiger partial charge in [0.1, 0.15) is 0 Å². The molecule has 0 bridgehead atoms. The number of aromatic nitrogens is 1. The Bertz CT molecular complexity index is 774. The first-order valence-electron chi connectivity index (χ1n) is 5.90. The molecule has 0 spiro atoms. The van der Waals surface area contributed by atoms with Gasteiger partial charge in [-0.2, -0.15) is 13.2 Å². The minimum absolute atomic E-state index is 0.547. The van der Waals surface area contributed by atoms with E-state index in [1.807, 2.05) is 24.3 Å². The minimum atomic E-state index is -4.32. The van der Waals surface area contributed by atoms with Crippen molar-refractivity contribution in [3.8, 4) is 11.3 Å². The zero-order valence-corrected chi connectivity index (χ0v) is 11.7. The summed E-state index contributed by atoms with van der Waals surface area (Å²) in [6.45, 7) is 0. The van der Waals surface area contributed by atoms with Gasteiger partial charge in [0.15, 0.2) is 0 Å². The van der Waals surface area contributed by atoms with Gasteiger partial charge in [-0.3, -0.25) is 0 Å². The molecule has 2 aromatic carbocycles. The van der Waals surface area contributed by atoms with Crippen LogP contribution in [0.15, 0.2) is 53.0 Å². The number of H-pyrrole nitrogens is 1. The van der Waals surface area contributed by atoms with Crippen LogP contribution in [0.3, 0.4) is 0 Å². The maximum absolute atomic E-state index is 12.7. The molecule has 0 aliphatic heterocycles. The number of aromatic amines is 1. The summed E-state index contributed by atoms with van der Waals surface area (Å²) < 4.78 is 39.0. The predicted molar refractivity (Wildman–Crippen MR) is 76.4 cm³/mol. The molecule has 0 aliphatic carbocycles. The van der Waals surface area contributed by atoms with Gasteiger partial charge in [0.2, 0.25) is 0 Å². The van der Waals surface area contributed by atoms with Crippen molar-refractivity contribution in [2.75, 3.05) is 0 Å². The van der Waals surface area contributed by atoms with Crippen molar-refractivity contribution >= 4 is 26.8 Å². The lowest BCUT2D eigenvalue weighted by Gasteiger charge is -2.05. The summed E-state index contributed by atoms with van der Waals surface area (Å²) in [7, 11) is 0. The fourth-order valence-corrected chi connectivity index (χ4v) is 2.63. The molecule has 0 radical (unpaired) electrons. The third-order valence-corrected chi connectivity index (χ3v) is 3.80. The van der Waals surface area contributed by atoms with Gasteiger partial charge in [0.05, 0.1) is 5.56 Å². The quantitative estimate of drug-likeness (QED) is 0.592. The fraction of sp³-hybridized carbons (Fsp3) is 0.0667. The maximum Gasteiger partial charge on any atom is 0.416 e. The van der Waals surface area contributed by atoms with Gasteiger partial charge in [0.25, 0.3) is 0 Å². The summed E-state index contributed by atoms with van der Waals surface area (Å²) in [6, 6.07) is 13.0. The van der Waals surface area contributed by atoms with Crippen LogP contribution < -0.4 is 0 Å². The maximum atomic E-state index is 12.7. The molecule has 102 valence electrons. The van der Waals surface area contributed by atoms with Crippen LogP contribution in [0.4, 0.5) is 13.2 Å². The lowest BCUT2D eigenvalue weighted by molar-refractivity contribution is -0.137. The van der Waals surface area contributed by atoms with Crippen molar-refractivity contribution in [2.24, 2.45) is 0 Å². The number of benzene rings is 2. The Labute approximate surface area is 121 Å². The zero-order valence-electron chi connectivity index (χ0n) is 10.1. The van der Waals surface area contributed by atoms with Gasteiger partial charge in [-0.15, -0.1) is 0 Å². The van der Waals surface area contributed by atoms with E-state index in [4.69, 9.17) is 0 Å². The van der Waals surface area contributed by atoms with E-state index < -0.39 is 11.7 Å². The van der Waals surface area contributed by atoms with E-state index in [2.05, 4.69) is 20.9 Å². The molecule has 0 atom stereocenters. The van der Waals surface area contributed by atoms with Crippen LogP contribution in [0.25, 0.3) is 22.2 Å². The highest BCUT2D eigenvalue weighted by Crippen LogP contribution is 2.34. The van der Waals surface area contributed by atoms with Crippen molar-refractivity contribution < 1.29 is 13.2 Å². The molecule has 0 saturated carbocycles. The molecule has 1 heterocycles. The summed E-state index contributed by atoms with van der Waals surface area (Å²) in [6.07, 6.45) is -4.32. The number of alkyl halides is 3. The van der Waals surface area contributed by atoms with Gasteiger partial charge in [-0.25, -0.2) is 0 Å². The SMILES string of the molecule is FC(F)(F)c1ccc2[nH]c(-c3ccccc3Br)cc2c1. The molecule has 5 heteroatoms. The average molecular weight is 340 g/mol. The number of rotatable bonds is 1.